The number of aryl methyl sites for hydroxylation is 1. The van der Waals surface area contributed by atoms with Crippen LogP contribution in [0.4, 0.5) is 11.5 Å². The largest absolute Gasteiger partial charge is 0.330 e. The van der Waals surface area contributed by atoms with Gasteiger partial charge in [-0.25, -0.2) is 4.98 Å². The first-order valence-electron chi connectivity index (χ1n) is 7.23. The first-order chi connectivity index (χ1) is 10.2. The van der Waals surface area contributed by atoms with Crippen molar-refractivity contribution in [3.8, 4) is 0 Å². The van der Waals surface area contributed by atoms with Crippen molar-refractivity contribution in [2.75, 3.05) is 18.0 Å². The van der Waals surface area contributed by atoms with Crippen molar-refractivity contribution in [3.63, 3.8) is 0 Å². The Hall–Kier alpha value is -1.85. The topological polar surface area (TPSA) is 46.6 Å². The van der Waals surface area contributed by atoms with Crippen LogP contribution in [0, 0.1) is 6.92 Å². The highest BCUT2D eigenvalue weighted by molar-refractivity contribution is 7.15. The second kappa shape index (κ2) is 5.87. The molecular weight excluding hydrogens is 280 g/mol. The lowest BCUT2D eigenvalue weighted by Gasteiger charge is -2.22. The Balaban J connectivity index is 2.12. The second-order valence-corrected chi connectivity index (χ2v) is 5.93. The van der Waals surface area contributed by atoms with Gasteiger partial charge in [0.25, 0.3) is 0 Å². The molecule has 0 aliphatic heterocycles. The number of imidazole rings is 1. The van der Waals surface area contributed by atoms with Gasteiger partial charge in [0.15, 0.2) is 10.8 Å². The van der Waals surface area contributed by atoms with Crippen molar-refractivity contribution in [1.29, 1.82) is 0 Å². The van der Waals surface area contributed by atoms with Gasteiger partial charge in [-0.3, -0.25) is 4.40 Å². The molecule has 0 fully saturated rings. The molecule has 0 saturated heterocycles. The van der Waals surface area contributed by atoms with Gasteiger partial charge in [-0.05, 0) is 38.1 Å². The van der Waals surface area contributed by atoms with Gasteiger partial charge >= 0.3 is 0 Å². The Morgan fingerprint density at radius 2 is 2.24 bits per heavy atom. The number of rotatable bonds is 5. The van der Waals surface area contributed by atoms with E-state index in [-0.39, 0.29) is 0 Å². The van der Waals surface area contributed by atoms with Gasteiger partial charge in [-0.1, -0.05) is 12.1 Å². The second-order valence-electron chi connectivity index (χ2n) is 5.06. The highest BCUT2D eigenvalue weighted by Crippen LogP contribution is 2.30. The zero-order chi connectivity index (χ0) is 14.8. The molecule has 5 heteroatoms. The Morgan fingerprint density at radius 1 is 1.38 bits per heavy atom. The van der Waals surface area contributed by atoms with Crippen molar-refractivity contribution >= 4 is 27.8 Å². The predicted molar refractivity (Wildman–Crippen MR) is 89.7 cm³/mol. The highest BCUT2D eigenvalue weighted by Gasteiger charge is 2.18. The van der Waals surface area contributed by atoms with Crippen LogP contribution in [0.15, 0.2) is 35.8 Å². The number of nitrogens with two attached hydrogens (primary N) is 1. The SMILES string of the molecule is CCN(c1cccc(C)c1)c1nc2sccn2c1CCN. The minimum Gasteiger partial charge on any atom is -0.330 e. The third kappa shape index (κ3) is 2.54. The number of nitrogens with zero attached hydrogens (tertiary/aromatic N) is 3. The first kappa shape index (κ1) is 14.1. The summed E-state index contributed by atoms with van der Waals surface area (Å²) in [6.45, 7) is 5.78. The molecule has 1 aromatic carbocycles. The fourth-order valence-corrected chi connectivity index (χ4v) is 3.38. The zero-order valence-electron chi connectivity index (χ0n) is 12.4. The average molecular weight is 300 g/mol. The van der Waals surface area contributed by atoms with Crippen molar-refractivity contribution in [1.82, 2.24) is 9.38 Å². The van der Waals surface area contributed by atoms with Crippen LogP contribution in [0.5, 0.6) is 0 Å². The Bertz CT molecular complexity index is 744. The molecule has 21 heavy (non-hydrogen) atoms. The molecule has 0 aliphatic carbocycles. The van der Waals surface area contributed by atoms with Crippen LogP contribution in [0.3, 0.4) is 0 Å². The quantitative estimate of drug-likeness (QED) is 0.786. The molecule has 2 heterocycles. The molecule has 110 valence electrons. The summed E-state index contributed by atoms with van der Waals surface area (Å²) in [5.74, 6) is 1.03. The van der Waals surface area contributed by atoms with E-state index < -0.39 is 0 Å². The molecule has 0 aliphatic rings. The number of benzene rings is 1. The monoisotopic (exact) mass is 300 g/mol. The molecule has 0 atom stereocenters. The molecule has 4 nitrogen and oxygen atoms in total. The van der Waals surface area contributed by atoms with E-state index in [0.717, 1.165) is 23.7 Å². The van der Waals surface area contributed by atoms with Gasteiger partial charge < -0.3 is 10.6 Å². The lowest BCUT2D eigenvalue weighted by Crippen LogP contribution is -2.19. The van der Waals surface area contributed by atoms with Crippen LogP contribution in [-0.4, -0.2) is 22.5 Å². The summed E-state index contributed by atoms with van der Waals surface area (Å²) in [6, 6.07) is 8.54. The van der Waals surface area contributed by atoms with Gasteiger partial charge in [0.2, 0.25) is 0 Å². The van der Waals surface area contributed by atoms with E-state index in [1.54, 1.807) is 11.3 Å². The minimum absolute atomic E-state index is 0.627. The van der Waals surface area contributed by atoms with Crippen LogP contribution in [-0.2, 0) is 6.42 Å². The molecule has 0 amide bonds. The summed E-state index contributed by atoms with van der Waals surface area (Å²) < 4.78 is 2.16. The van der Waals surface area contributed by atoms with Crippen LogP contribution in [0.2, 0.25) is 0 Å². The van der Waals surface area contributed by atoms with Gasteiger partial charge in [0.05, 0.1) is 5.69 Å². The standard InChI is InChI=1S/C16H20N4S/c1-3-19(13-6-4-5-12(2)11-13)15-14(7-8-17)20-9-10-21-16(20)18-15/h4-6,9-11H,3,7-8,17H2,1-2H3. The van der Waals surface area contributed by atoms with Gasteiger partial charge in [-0.2, -0.15) is 0 Å². The Kier molecular flexibility index (Phi) is 3.94. The molecule has 3 aromatic rings. The smallest absolute Gasteiger partial charge is 0.195 e. The van der Waals surface area contributed by atoms with Crippen molar-refractivity contribution in [2.24, 2.45) is 5.73 Å². The molecule has 0 bridgehead atoms. The van der Waals surface area contributed by atoms with Crippen LogP contribution >= 0.6 is 11.3 Å². The summed E-state index contributed by atoms with van der Waals surface area (Å²) in [6.07, 6.45) is 2.90. The summed E-state index contributed by atoms with van der Waals surface area (Å²) in [5.41, 5.74) is 9.43. The fourth-order valence-electron chi connectivity index (χ4n) is 2.66. The molecule has 2 aromatic heterocycles. The lowest BCUT2D eigenvalue weighted by atomic mass is 10.2. The molecule has 0 unspecified atom stereocenters. The molecule has 3 rings (SSSR count). The lowest BCUT2D eigenvalue weighted by molar-refractivity contribution is 0.890. The van der Waals surface area contributed by atoms with Crippen molar-refractivity contribution in [3.05, 3.63) is 47.1 Å². The van der Waals surface area contributed by atoms with Crippen LogP contribution < -0.4 is 10.6 Å². The van der Waals surface area contributed by atoms with Crippen LogP contribution in [0.25, 0.3) is 4.96 Å². The van der Waals surface area contributed by atoms with Gasteiger partial charge in [0.1, 0.15) is 0 Å². The summed E-state index contributed by atoms with van der Waals surface area (Å²) >= 11 is 1.66. The van der Waals surface area contributed by atoms with E-state index in [4.69, 9.17) is 10.7 Å². The number of aromatic nitrogens is 2. The third-order valence-corrected chi connectivity index (χ3v) is 4.36. The molecule has 0 radical (unpaired) electrons. The average Bonchev–Trinajstić information content (AvgIpc) is 3.04. The third-order valence-electron chi connectivity index (χ3n) is 3.61. The van der Waals surface area contributed by atoms with E-state index in [2.05, 4.69) is 59.0 Å². The number of thiazole rings is 1. The zero-order valence-corrected chi connectivity index (χ0v) is 13.2. The first-order valence-corrected chi connectivity index (χ1v) is 8.11. The van der Waals surface area contributed by atoms with Gasteiger partial charge in [0, 0.05) is 30.2 Å². The molecule has 0 spiro atoms. The Morgan fingerprint density at radius 3 is 2.95 bits per heavy atom. The van der Waals surface area contributed by atoms with Crippen molar-refractivity contribution < 1.29 is 0 Å². The van der Waals surface area contributed by atoms with E-state index in [1.165, 1.54) is 16.9 Å². The summed E-state index contributed by atoms with van der Waals surface area (Å²) in [4.78, 5) is 8.11. The van der Waals surface area contributed by atoms with Crippen LogP contribution in [0.1, 0.15) is 18.2 Å². The molecular formula is C16H20N4S. The minimum atomic E-state index is 0.627. The summed E-state index contributed by atoms with van der Waals surface area (Å²) in [7, 11) is 0. The summed E-state index contributed by atoms with van der Waals surface area (Å²) in [5, 5.41) is 2.06. The molecule has 0 saturated carbocycles. The normalized spacial score (nSPS) is 11.2. The highest BCUT2D eigenvalue weighted by atomic mass is 32.1. The number of anilines is 2. The van der Waals surface area contributed by atoms with Crippen molar-refractivity contribution in [2.45, 2.75) is 20.3 Å². The number of hydrogen-bond acceptors (Lipinski definition) is 4. The maximum Gasteiger partial charge on any atom is 0.195 e. The van der Waals surface area contributed by atoms with E-state index in [9.17, 15) is 0 Å². The Labute approximate surface area is 128 Å². The van der Waals surface area contributed by atoms with E-state index in [1.807, 2.05) is 0 Å². The maximum atomic E-state index is 5.80. The van der Waals surface area contributed by atoms with E-state index in [0.29, 0.717) is 6.54 Å². The maximum absolute atomic E-state index is 5.80. The van der Waals surface area contributed by atoms with Gasteiger partial charge in [-0.15, -0.1) is 11.3 Å². The number of fused-ring (bicyclic) bond motifs is 1. The van der Waals surface area contributed by atoms with E-state index >= 15 is 0 Å². The molecule has 2 N–H and O–H groups in total. The predicted octanol–water partition coefficient (Wildman–Crippen LogP) is 3.36. The fraction of sp³-hybridized carbons (Fsp3) is 0.312. The number of hydrogen-bond donors (Lipinski definition) is 1.